The molecule has 3 nitrogen and oxygen atoms in total. The Bertz CT molecular complexity index is 274. The highest BCUT2D eigenvalue weighted by molar-refractivity contribution is 5.81. The lowest BCUT2D eigenvalue weighted by Gasteiger charge is -2.35. The van der Waals surface area contributed by atoms with Crippen LogP contribution >= 0.6 is 0 Å². The lowest BCUT2D eigenvalue weighted by Crippen LogP contribution is -2.45. The van der Waals surface area contributed by atoms with Crippen LogP contribution in [0.1, 0.15) is 34.6 Å². The Hall–Kier alpha value is -0.990. The van der Waals surface area contributed by atoms with Gasteiger partial charge in [-0.15, -0.1) is 0 Å². The maximum absolute atomic E-state index is 11.6. The number of urea groups is 1. The van der Waals surface area contributed by atoms with Crippen LogP contribution in [0.2, 0.25) is 0 Å². The van der Waals surface area contributed by atoms with Gasteiger partial charge in [-0.05, 0) is 19.3 Å². The molecule has 0 unspecified atom stereocenters. The van der Waals surface area contributed by atoms with Gasteiger partial charge in [-0.25, -0.2) is 4.79 Å². The van der Waals surface area contributed by atoms with Gasteiger partial charge in [0, 0.05) is 12.2 Å². The fraction of sp³-hybridized carbons (Fsp3) is 0.727. The molecular formula is C11H20N2O. The predicted molar refractivity (Wildman–Crippen MR) is 57.9 cm³/mol. The highest BCUT2D eigenvalue weighted by Gasteiger charge is 2.42. The molecule has 1 aliphatic rings. The van der Waals surface area contributed by atoms with Gasteiger partial charge in [0.05, 0.1) is 5.54 Å². The Morgan fingerprint density at radius 1 is 1.43 bits per heavy atom. The lowest BCUT2D eigenvalue weighted by molar-refractivity contribution is 0.148. The van der Waals surface area contributed by atoms with Crippen molar-refractivity contribution in [2.45, 2.75) is 40.2 Å². The standard InChI is InChI=1S/C11H20N2O/c1-8-11(5,6)13(9(14)12-8)7-10(2,3)4/h1,7H2,2-6H3,(H,12,14). The molecule has 0 radical (unpaired) electrons. The normalized spacial score (nSPS) is 21.4. The second-order valence-electron chi connectivity index (χ2n) is 5.61. The average Bonchev–Trinajstić information content (AvgIpc) is 2.11. The summed E-state index contributed by atoms with van der Waals surface area (Å²) in [6, 6.07) is -0.0325. The van der Waals surface area contributed by atoms with Gasteiger partial charge >= 0.3 is 6.03 Å². The van der Waals surface area contributed by atoms with Crippen molar-refractivity contribution >= 4 is 6.03 Å². The van der Waals surface area contributed by atoms with E-state index < -0.39 is 0 Å². The molecule has 0 saturated carbocycles. The number of carbonyl (C=O) groups excluding carboxylic acids is 1. The number of hydrogen-bond donors (Lipinski definition) is 1. The van der Waals surface area contributed by atoms with Crippen molar-refractivity contribution < 1.29 is 4.79 Å². The summed E-state index contributed by atoms with van der Waals surface area (Å²) in [5, 5.41) is 2.77. The topological polar surface area (TPSA) is 32.3 Å². The summed E-state index contributed by atoms with van der Waals surface area (Å²) in [6.07, 6.45) is 0. The Morgan fingerprint density at radius 3 is 2.21 bits per heavy atom. The van der Waals surface area contributed by atoms with Crippen LogP contribution in [0.3, 0.4) is 0 Å². The summed E-state index contributed by atoms with van der Waals surface area (Å²) < 4.78 is 0. The first kappa shape index (κ1) is 11.1. The molecule has 80 valence electrons. The smallest absolute Gasteiger partial charge is 0.313 e. The number of amides is 2. The van der Waals surface area contributed by atoms with E-state index in [0.29, 0.717) is 0 Å². The van der Waals surface area contributed by atoms with E-state index in [1.807, 2.05) is 18.7 Å². The first-order valence-corrected chi connectivity index (χ1v) is 4.92. The molecule has 14 heavy (non-hydrogen) atoms. The van der Waals surface area contributed by atoms with Crippen molar-refractivity contribution in [3.8, 4) is 0 Å². The van der Waals surface area contributed by atoms with Crippen LogP contribution in [0.5, 0.6) is 0 Å². The zero-order valence-electron chi connectivity index (χ0n) is 9.77. The van der Waals surface area contributed by atoms with E-state index in [1.165, 1.54) is 0 Å². The SMILES string of the molecule is C=C1NC(=O)N(CC(C)(C)C)C1(C)C. The number of nitrogens with one attached hydrogen (secondary N) is 1. The highest BCUT2D eigenvalue weighted by atomic mass is 16.2. The summed E-state index contributed by atoms with van der Waals surface area (Å²) in [7, 11) is 0. The van der Waals surface area contributed by atoms with Gasteiger partial charge in [-0.3, -0.25) is 0 Å². The van der Waals surface area contributed by atoms with E-state index in [9.17, 15) is 4.79 Å². The predicted octanol–water partition coefficient (Wildman–Crippen LogP) is 2.35. The monoisotopic (exact) mass is 196 g/mol. The zero-order chi connectivity index (χ0) is 11.1. The first-order chi connectivity index (χ1) is 6.14. The summed E-state index contributed by atoms with van der Waals surface area (Å²) >= 11 is 0. The van der Waals surface area contributed by atoms with Crippen LogP contribution in [0.4, 0.5) is 4.79 Å². The Balaban J connectivity index is 2.88. The van der Waals surface area contributed by atoms with E-state index in [0.717, 1.165) is 12.2 Å². The second kappa shape index (κ2) is 3.01. The minimum atomic E-state index is -0.273. The van der Waals surface area contributed by atoms with Crippen LogP contribution < -0.4 is 5.32 Å². The maximum Gasteiger partial charge on any atom is 0.322 e. The summed E-state index contributed by atoms with van der Waals surface area (Å²) in [5.41, 5.74) is 0.621. The Labute approximate surface area is 86.2 Å². The van der Waals surface area contributed by atoms with Crippen LogP contribution in [0.15, 0.2) is 12.3 Å². The van der Waals surface area contributed by atoms with Crippen LogP contribution in [0.25, 0.3) is 0 Å². The van der Waals surface area contributed by atoms with E-state index in [-0.39, 0.29) is 17.0 Å². The Morgan fingerprint density at radius 2 is 1.93 bits per heavy atom. The van der Waals surface area contributed by atoms with Gasteiger partial charge in [-0.1, -0.05) is 27.4 Å². The molecule has 0 aromatic rings. The van der Waals surface area contributed by atoms with Crippen LogP contribution in [-0.4, -0.2) is 23.0 Å². The molecule has 2 amide bonds. The fourth-order valence-electron chi connectivity index (χ4n) is 1.51. The van der Waals surface area contributed by atoms with Crippen molar-refractivity contribution in [2.24, 2.45) is 5.41 Å². The Kier molecular flexibility index (Phi) is 2.38. The molecule has 1 fully saturated rings. The van der Waals surface area contributed by atoms with Crippen molar-refractivity contribution in [1.29, 1.82) is 0 Å². The van der Waals surface area contributed by atoms with E-state index >= 15 is 0 Å². The van der Waals surface area contributed by atoms with Crippen molar-refractivity contribution in [3.05, 3.63) is 12.3 Å². The molecule has 1 rings (SSSR count). The maximum atomic E-state index is 11.6. The van der Waals surface area contributed by atoms with Crippen LogP contribution in [0, 0.1) is 5.41 Å². The third-order valence-electron chi connectivity index (χ3n) is 2.55. The average molecular weight is 196 g/mol. The summed E-state index contributed by atoms with van der Waals surface area (Å²) in [6.45, 7) is 15.0. The quantitative estimate of drug-likeness (QED) is 0.686. The minimum absolute atomic E-state index is 0.0325. The van der Waals surface area contributed by atoms with E-state index in [4.69, 9.17) is 0 Å². The summed E-state index contributed by atoms with van der Waals surface area (Å²) in [5.74, 6) is 0. The van der Waals surface area contributed by atoms with Crippen molar-refractivity contribution in [3.63, 3.8) is 0 Å². The number of hydrogen-bond acceptors (Lipinski definition) is 1. The molecule has 0 bridgehead atoms. The molecule has 1 heterocycles. The van der Waals surface area contributed by atoms with Crippen molar-refractivity contribution in [2.75, 3.05) is 6.54 Å². The molecule has 0 atom stereocenters. The molecule has 1 saturated heterocycles. The van der Waals surface area contributed by atoms with Gasteiger partial charge in [0.2, 0.25) is 0 Å². The number of carbonyl (C=O) groups is 1. The fourth-order valence-corrected chi connectivity index (χ4v) is 1.51. The zero-order valence-corrected chi connectivity index (χ0v) is 9.77. The van der Waals surface area contributed by atoms with Gasteiger partial charge in [0.15, 0.2) is 0 Å². The molecule has 0 aliphatic carbocycles. The first-order valence-electron chi connectivity index (χ1n) is 4.92. The van der Waals surface area contributed by atoms with E-state index in [1.54, 1.807) is 0 Å². The molecule has 3 heteroatoms. The molecular weight excluding hydrogens is 176 g/mol. The van der Waals surface area contributed by atoms with Crippen LogP contribution in [-0.2, 0) is 0 Å². The van der Waals surface area contributed by atoms with Gasteiger partial charge in [-0.2, -0.15) is 0 Å². The molecule has 0 spiro atoms. The number of rotatable bonds is 1. The molecule has 1 N–H and O–H groups in total. The highest BCUT2D eigenvalue weighted by Crippen LogP contribution is 2.30. The second-order valence-corrected chi connectivity index (χ2v) is 5.61. The lowest BCUT2D eigenvalue weighted by atomic mass is 9.92. The van der Waals surface area contributed by atoms with Gasteiger partial charge in [0.25, 0.3) is 0 Å². The molecule has 1 aliphatic heterocycles. The van der Waals surface area contributed by atoms with Gasteiger partial charge in [0.1, 0.15) is 0 Å². The number of nitrogens with zero attached hydrogens (tertiary/aromatic N) is 1. The minimum Gasteiger partial charge on any atom is -0.313 e. The largest absolute Gasteiger partial charge is 0.322 e. The van der Waals surface area contributed by atoms with Gasteiger partial charge < -0.3 is 10.2 Å². The summed E-state index contributed by atoms with van der Waals surface area (Å²) in [4.78, 5) is 13.5. The third-order valence-corrected chi connectivity index (χ3v) is 2.55. The third kappa shape index (κ3) is 1.91. The van der Waals surface area contributed by atoms with Crippen molar-refractivity contribution in [1.82, 2.24) is 10.2 Å². The van der Waals surface area contributed by atoms with E-state index in [2.05, 4.69) is 32.7 Å². The molecule has 0 aromatic heterocycles. The molecule has 0 aromatic carbocycles.